The van der Waals surface area contributed by atoms with Crippen molar-refractivity contribution >= 4 is 69.4 Å². The minimum Gasteiger partial charge on any atom is -0.478 e. The number of nitrogens with zero attached hydrogens (tertiary/aromatic N) is 5. The number of unbranched alkanes of at least 4 members (excludes halogenated alkanes) is 8. The van der Waals surface area contributed by atoms with Crippen LogP contribution in [-0.4, -0.2) is 128 Å². The quantitative estimate of drug-likeness (QED) is 0.0176. The maximum Gasteiger partial charge on any atom is 0.335 e. The normalized spacial score (nSPS) is 12.7. The van der Waals surface area contributed by atoms with Gasteiger partial charge in [0.25, 0.3) is 0 Å². The van der Waals surface area contributed by atoms with E-state index in [4.69, 9.17) is 18.9 Å². The van der Waals surface area contributed by atoms with E-state index in [1.54, 1.807) is 60.9 Å². The highest BCUT2D eigenvalue weighted by Crippen LogP contribution is 2.47. The lowest BCUT2D eigenvalue weighted by Crippen LogP contribution is -2.27. The summed E-state index contributed by atoms with van der Waals surface area (Å²) in [7, 11) is 0. The lowest BCUT2D eigenvalue weighted by Gasteiger charge is -2.29. The molecule has 8 aromatic carbocycles. The zero-order valence-corrected chi connectivity index (χ0v) is 81.9. The largest absolute Gasteiger partial charge is 0.478 e. The average Bonchev–Trinajstić information content (AvgIpc) is 1.36. The van der Waals surface area contributed by atoms with Crippen molar-refractivity contribution in [1.82, 2.24) is 4.98 Å². The Kier molecular flexibility index (Phi) is 52.4. The van der Waals surface area contributed by atoms with Crippen LogP contribution in [0.2, 0.25) is 0 Å². The van der Waals surface area contributed by atoms with Crippen molar-refractivity contribution < 1.29 is 58.6 Å². The molecule has 3 aliphatic rings. The molecule has 1 heterocycles. The molecule has 0 saturated heterocycles. The highest BCUT2D eigenvalue weighted by atomic mass is 16.5. The molecule has 0 spiro atoms. The van der Waals surface area contributed by atoms with Gasteiger partial charge in [-0.3, -0.25) is 4.98 Å². The lowest BCUT2D eigenvalue weighted by atomic mass is 9.89. The minimum atomic E-state index is -0.933. The fourth-order valence-electron chi connectivity index (χ4n) is 16.3. The number of carboxylic acid groups (broad SMARTS) is 4. The monoisotopic (exact) mass is 1820 g/mol. The Hall–Kier alpha value is -11.6. The molecule has 1 aromatic heterocycles. The molecule has 133 heavy (non-hydrogen) atoms. The van der Waals surface area contributed by atoms with E-state index in [0.717, 1.165) is 237 Å². The number of carboxylic acids is 4. The average molecular weight is 1820 g/mol. The third kappa shape index (κ3) is 39.2. The maximum atomic E-state index is 12.0. The summed E-state index contributed by atoms with van der Waals surface area (Å²) >= 11 is 0. The van der Waals surface area contributed by atoms with E-state index in [9.17, 15) is 39.6 Å². The Balaban J connectivity index is 0.000000232. The van der Waals surface area contributed by atoms with Gasteiger partial charge < -0.3 is 80.2 Å². The highest BCUT2D eigenvalue weighted by molar-refractivity contribution is 5.96. The van der Waals surface area contributed by atoms with Gasteiger partial charge in [0, 0.05) is 90.9 Å². The zero-order chi connectivity index (χ0) is 95.4. The number of carbonyl (C=O) groups is 4. The molecule has 0 aliphatic heterocycles. The smallest absolute Gasteiger partial charge is 0.335 e. The number of aromatic nitrogens is 1. The standard InChI is InChI=1S/C28H40N2O3.C27H38N2O3.2C23H32N2O3.C6H12.C5H5N/c1-3-5-17-30(18-6-4-2)26-20-23(28(31)32)19-25(29-21-22-13-9-7-10-14-22)27(26)33-24-15-11-8-12-16-24;1-3-5-16-29(17-6-4-2)25-19-22(27(30)31)18-24(28-20-21-12-10-11-13-21)26(25)32-23-14-8-7-9-15-23;2*1-4-7-14-25(15-8-5-2)21-17-18(23(26)27)16-20(24-6-3)22(21)28-19-12-10-9-11-13-19;2*1-2-4-6-5-3-1/h8,11-12,15-16,19-20,22,29H,3-7,9-10,13-14,17-18,21H2,1-2H3,(H,31,32);7-9,14-15,18-19,21,28H,3-6,10-13,16-17,20H2,1-2H3,(H,30,31);2*9-13,16-17,24H,4-8,14-15H2,1-3H3,(H,26,27);1-6H2;1-5H. The van der Waals surface area contributed by atoms with Crippen molar-refractivity contribution in [3.05, 3.63) is 223 Å². The first-order valence-electron chi connectivity index (χ1n) is 50.3. The van der Waals surface area contributed by atoms with Gasteiger partial charge in [-0.2, -0.15) is 0 Å². The van der Waals surface area contributed by atoms with E-state index >= 15 is 0 Å². The van der Waals surface area contributed by atoms with Gasteiger partial charge in [0.2, 0.25) is 0 Å². The number of anilines is 8. The van der Waals surface area contributed by atoms with Gasteiger partial charge in [0.15, 0.2) is 23.0 Å². The second-order valence-electron chi connectivity index (χ2n) is 34.8. The van der Waals surface area contributed by atoms with Crippen LogP contribution in [0, 0.1) is 11.8 Å². The number of ether oxygens (including phenoxy) is 4. The number of benzene rings is 8. The van der Waals surface area contributed by atoms with Crippen LogP contribution < -0.4 is 59.8 Å². The molecular weight excluding hydrogens is 1660 g/mol. The summed E-state index contributed by atoms with van der Waals surface area (Å²) in [6.07, 6.45) is 40.9. The van der Waals surface area contributed by atoms with Crippen LogP contribution in [0.1, 0.15) is 310 Å². The van der Waals surface area contributed by atoms with Crippen LogP contribution in [0.15, 0.2) is 200 Å². The first kappa shape index (κ1) is 108. The first-order valence-corrected chi connectivity index (χ1v) is 50.3. The Morgan fingerprint density at radius 1 is 0.286 bits per heavy atom. The van der Waals surface area contributed by atoms with Gasteiger partial charge in [0.05, 0.1) is 67.8 Å². The van der Waals surface area contributed by atoms with Crippen molar-refractivity contribution in [2.75, 3.05) is 119 Å². The molecule has 21 heteroatoms. The minimum absolute atomic E-state index is 0.268. The van der Waals surface area contributed by atoms with Gasteiger partial charge in [0.1, 0.15) is 23.0 Å². The third-order valence-electron chi connectivity index (χ3n) is 23.9. The molecule has 0 unspecified atom stereocenters. The molecule has 21 nitrogen and oxygen atoms in total. The Morgan fingerprint density at radius 3 is 0.677 bits per heavy atom. The molecular formula is C112H159N9O12. The van der Waals surface area contributed by atoms with Crippen molar-refractivity contribution in [3.63, 3.8) is 0 Å². The molecule has 0 radical (unpaired) electrons. The van der Waals surface area contributed by atoms with E-state index in [-0.39, 0.29) is 11.1 Å². The number of aromatic carboxylic acids is 4. The molecule has 3 fully saturated rings. The second kappa shape index (κ2) is 64.3. The van der Waals surface area contributed by atoms with E-state index < -0.39 is 23.9 Å². The third-order valence-corrected chi connectivity index (χ3v) is 23.9. The van der Waals surface area contributed by atoms with E-state index in [0.29, 0.717) is 58.9 Å². The molecule has 0 amide bonds. The molecule has 8 N–H and O–H groups in total. The van der Waals surface area contributed by atoms with Gasteiger partial charge in [-0.05, 0) is 212 Å². The SMILES string of the molecule is C1CCCCC1.CCCCN(CCCC)c1cc(C(=O)O)cc(NCC)c1Oc1ccccc1.CCCCN(CCCC)c1cc(C(=O)O)cc(NCC)c1Oc1ccccc1.CCCCN(CCCC)c1cc(C(=O)O)cc(NCC2CCCC2)c1Oc1ccccc1.CCCCN(CCCC)c1cc(C(=O)O)cc(NCC2CCCCC2)c1Oc1ccccc1.c1ccncc1. The summed E-state index contributed by atoms with van der Waals surface area (Å²) in [5.74, 6) is 3.38. The number of para-hydroxylation sites is 4. The summed E-state index contributed by atoms with van der Waals surface area (Å²) < 4.78 is 25.4. The first-order chi connectivity index (χ1) is 64.9. The van der Waals surface area contributed by atoms with Gasteiger partial charge in [-0.15, -0.1) is 0 Å². The maximum absolute atomic E-state index is 12.0. The topological polar surface area (TPSA) is 260 Å². The lowest BCUT2D eigenvalue weighted by molar-refractivity contribution is 0.0686. The fraction of sp³-hybridized carbons (Fsp3) is 0.491. The van der Waals surface area contributed by atoms with Gasteiger partial charge >= 0.3 is 23.9 Å². The van der Waals surface area contributed by atoms with Crippen LogP contribution in [0.25, 0.3) is 0 Å². The van der Waals surface area contributed by atoms with Gasteiger partial charge in [-0.1, -0.05) is 256 Å². The summed E-state index contributed by atoms with van der Waals surface area (Å²) in [6.45, 7) is 31.4. The second-order valence-corrected chi connectivity index (χ2v) is 34.8. The van der Waals surface area contributed by atoms with Crippen molar-refractivity contribution in [2.45, 2.75) is 268 Å². The predicted octanol–water partition coefficient (Wildman–Crippen LogP) is 30.2. The van der Waals surface area contributed by atoms with Gasteiger partial charge in [-0.25, -0.2) is 19.2 Å². The molecule has 724 valence electrons. The highest BCUT2D eigenvalue weighted by Gasteiger charge is 2.28. The summed E-state index contributed by atoms with van der Waals surface area (Å²) in [4.78, 5) is 60.5. The molecule has 0 bridgehead atoms. The predicted molar refractivity (Wildman–Crippen MR) is 554 cm³/mol. The van der Waals surface area contributed by atoms with Crippen molar-refractivity contribution in [2.24, 2.45) is 11.8 Å². The van der Waals surface area contributed by atoms with Crippen molar-refractivity contribution in [3.8, 4) is 46.0 Å². The van der Waals surface area contributed by atoms with Crippen LogP contribution in [0.4, 0.5) is 45.5 Å². The van der Waals surface area contributed by atoms with E-state index in [1.165, 1.54) is 96.3 Å². The Morgan fingerprint density at radius 2 is 0.489 bits per heavy atom. The summed E-state index contributed by atoms with van der Waals surface area (Å²) in [5, 5.41) is 52.7. The van der Waals surface area contributed by atoms with Crippen LogP contribution >= 0.6 is 0 Å². The molecule has 3 aliphatic carbocycles. The number of rotatable bonds is 50. The van der Waals surface area contributed by atoms with Crippen LogP contribution in [0.3, 0.4) is 0 Å². The van der Waals surface area contributed by atoms with E-state index in [2.05, 4.69) is 101 Å². The number of pyridine rings is 1. The Labute approximate surface area is 796 Å². The summed E-state index contributed by atoms with van der Waals surface area (Å²) in [6, 6.07) is 58.4. The molecule has 9 aromatic rings. The number of hydrogen-bond donors (Lipinski definition) is 8. The van der Waals surface area contributed by atoms with E-state index in [1.807, 2.05) is 153 Å². The van der Waals surface area contributed by atoms with Crippen LogP contribution in [0.5, 0.6) is 46.0 Å². The summed E-state index contributed by atoms with van der Waals surface area (Å²) in [5.41, 5.74) is 7.50. The number of nitrogens with one attached hydrogen (secondary N) is 4. The molecule has 0 atom stereocenters. The van der Waals surface area contributed by atoms with Crippen molar-refractivity contribution in [1.29, 1.82) is 0 Å². The molecule has 12 rings (SSSR count). The number of hydrogen-bond acceptors (Lipinski definition) is 17. The fourth-order valence-corrected chi connectivity index (χ4v) is 16.3. The zero-order valence-electron chi connectivity index (χ0n) is 81.9. The Bertz CT molecular complexity index is 4490. The van der Waals surface area contributed by atoms with Crippen LogP contribution in [-0.2, 0) is 0 Å². The molecule has 3 saturated carbocycles.